The summed E-state index contributed by atoms with van der Waals surface area (Å²) in [6.07, 6.45) is -0.0174. The Bertz CT molecular complexity index is 950. The second-order valence-corrected chi connectivity index (χ2v) is 7.90. The van der Waals surface area contributed by atoms with Crippen molar-refractivity contribution in [1.29, 1.82) is 0 Å². The monoisotopic (exact) mass is 375 g/mol. The molecule has 2 aromatic carbocycles. The fourth-order valence-corrected chi connectivity index (χ4v) is 3.03. The van der Waals surface area contributed by atoms with Crippen LogP contribution >= 0.6 is 0 Å². The number of sulfonamides is 1. The van der Waals surface area contributed by atoms with E-state index in [4.69, 9.17) is 4.74 Å². The third-order valence-corrected chi connectivity index (χ3v) is 4.34. The predicted molar refractivity (Wildman–Crippen MR) is 100 cm³/mol. The van der Waals surface area contributed by atoms with Gasteiger partial charge in [-0.3, -0.25) is 9.52 Å². The van der Waals surface area contributed by atoms with Crippen LogP contribution in [0.2, 0.25) is 0 Å². The van der Waals surface area contributed by atoms with Crippen molar-refractivity contribution in [3.63, 3.8) is 0 Å². The minimum atomic E-state index is -3.56. The molecule has 0 radical (unpaired) electrons. The maximum absolute atomic E-state index is 12.6. The van der Waals surface area contributed by atoms with E-state index in [1.165, 1.54) is 19.1 Å². The highest BCUT2D eigenvalue weighted by Gasteiger charge is 2.23. The molecule has 2 rings (SSSR count). The molecule has 26 heavy (non-hydrogen) atoms. The van der Waals surface area contributed by atoms with E-state index in [0.717, 1.165) is 17.4 Å². The lowest BCUT2D eigenvalue weighted by Crippen LogP contribution is -2.26. The van der Waals surface area contributed by atoms with Crippen molar-refractivity contribution < 1.29 is 22.7 Å². The van der Waals surface area contributed by atoms with E-state index in [-0.39, 0.29) is 17.0 Å². The first-order valence-corrected chi connectivity index (χ1v) is 9.87. The van der Waals surface area contributed by atoms with Crippen molar-refractivity contribution in [3.05, 3.63) is 64.7 Å². The van der Waals surface area contributed by atoms with E-state index in [2.05, 4.69) is 4.72 Å². The standard InChI is InChI=1S/C19H21NO5S/c1-12-9-10-13(2)16(11-12)18(21)14(3)25-19(22)15-7-5-6-8-17(15)20-26(4,23)24/h5-11,14,20H,1-4H3/t14-/m1/s1. The lowest BCUT2D eigenvalue weighted by molar-refractivity contribution is 0.0319. The van der Waals surface area contributed by atoms with Gasteiger partial charge in [0.2, 0.25) is 15.8 Å². The van der Waals surface area contributed by atoms with Gasteiger partial charge in [0.25, 0.3) is 0 Å². The molecule has 6 nitrogen and oxygen atoms in total. The molecule has 0 amide bonds. The van der Waals surface area contributed by atoms with Gasteiger partial charge < -0.3 is 4.74 Å². The van der Waals surface area contributed by atoms with Crippen LogP contribution in [0.25, 0.3) is 0 Å². The first-order valence-electron chi connectivity index (χ1n) is 7.98. The summed E-state index contributed by atoms with van der Waals surface area (Å²) in [7, 11) is -3.56. The molecule has 1 N–H and O–H groups in total. The first kappa shape index (κ1) is 19.7. The first-order chi connectivity index (χ1) is 12.1. The zero-order valence-electron chi connectivity index (χ0n) is 15.1. The number of ketones is 1. The Labute approximate surface area is 153 Å². The van der Waals surface area contributed by atoms with Gasteiger partial charge >= 0.3 is 5.97 Å². The highest BCUT2D eigenvalue weighted by atomic mass is 32.2. The molecule has 0 aliphatic carbocycles. The largest absolute Gasteiger partial charge is 0.451 e. The normalized spacial score (nSPS) is 12.3. The Hall–Kier alpha value is -2.67. The number of nitrogens with one attached hydrogen (secondary N) is 1. The SMILES string of the molecule is Cc1ccc(C)c(C(=O)[C@@H](C)OC(=O)c2ccccc2NS(C)(=O)=O)c1. The van der Waals surface area contributed by atoms with Gasteiger partial charge in [0.1, 0.15) is 0 Å². The van der Waals surface area contributed by atoms with Gasteiger partial charge in [-0.25, -0.2) is 13.2 Å². The number of Topliss-reactive ketones (excluding diaryl/α,β-unsaturated/α-hetero) is 1. The predicted octanol–water partition coefficient (Wildman–Crippen LogP) is 3.10. The topological polar surface area (TPSA) is 89.5 Å². The summed E-state index contributed by atoms with van der Waals surface area (Å²) in [5.74, 6) is -1.09. The van der Waals surface area contributed by atoms with Crippen LogP contribution in [0.3, 0.4) is 0 Å². The maximum atomic E-state index is 12.6. The Balaban J connectivity index is 2.22. The molecule has 0 aliphatic rings. The molecule has 0 saturated heterocycles. The Kier molecular flexibility index (Phi) is 5.82. The van der Waals surface area contributed by atoms with Crippen LogP contribution < -0.4 is 4.72 Å². The van der Waals surface area contributed by atoms with Crippen molar-refractivity contribution in [2.45, 2.75) is 26.9 Å². The summed E-state index contributed by atoms with van der Waals surface area (Å²) in [5, 5.41) is 0. The maximum Gasteiger partial charge on any atom is 0.340 e. The lowest BCUT2D eigenvalue weighted by Gasteiger charge is -2.16. The third kappa shape index (κ3) is 4.92. The van der Waals surface area contributed by atoms with Gasteiger partial charge in [-0.15, -0.1) is 0 Å². The number of carbonyl (C=O) groups is 2. The molecule has 1 atom stereocenters. The third-order valence-electron chi connectivity index (χ3n) is 3.75. The van der Waals surface area contributed by atoms with Crippen LogP contribution in [0.15, 0.2) is 42.5 Å². The number of benzene rings is 2. The quantitative estimate of drug-likeness (QED) is 0.619. The number of aryl methyl sites for hydroxylation is 2. The molecule has 0 aliphatic heterocycles. The summed E-state index contributed by atoms with van der Waals surface area (Å²) < 4.78 is 30.4. The molecule has 0 bridgehead atoms. The van der Waals surface area contributed by atoms with Gasteiger partial charge in [-0.05, 0) is 44.5 Å². The number of ether oxygens (including phenoxy) is 1. The summed E-state index contributed by atoms with van der Waals surface area (Å²) >= 11 is 0. The minimum Gasteiger partial charge on any atom is -0.451 e. The molecule has 138 valence electrons. The van der Waals surface area contributed by atoms with Crippen molar-refractivity contribution in [2.75, 3.05) is 11.0 Å². The number of para-hydroxylation sites is 1. The fourth-order valence-electron chi connectivity index (χ4n) is 2.45. The highest BCUT2D eigenvalue weighted by Crippen LogP contribution is 2.20. The molecule has 0 spiro atoms. The average Bonchev–Trinajstić information content (AvgIpc) is 2.55. The second-order valence-electron chi connectivity index (χ2n) is 6.15. The van der Waals surface area contributed by atoms with E-state index in [1.807, 2.05) is 26.0 Å². The van der Waals surface area contributed by atoms with Gasteiger partial charge in [-0.2, -0.15) is 0 Å². The summed E-state index contributed by atoms with van der Waals surface area (Å²) in [5.41, 5.74) is 2.36. The van der Waals surface area contributed by atoms with Crippen LogP contribution in [-0.4, -0.2) is 32.5 Å². The fraction of sp³-hybridized carbons (Fsp3) is 0.263. The second kappa shape index (κ2) is 7.70. The number of esters is 1. The Morgan fingerprint density at radius 1 is 1.04 bits per heavy atom. The van der Waals surface area contributed by atoms with Gasteiger partial charge in [0, 0.05) is 5.56 Å². The number of anilines is 1. The minimum absolute atomic E-state index is 0.0403. The zero-order chi connectivity index (χ0) is 19.5. The Morgan fingerprint density at radius 2 is 1.69 bits per heavy atom. The molecular weight excluding hydrogens is 354 g/mol. The highest BCUT2D eigenvalue weighted by molar-refractivity contribution is 7.92. The molecule has 0 fully saturated rings. The van der Waals surface area contributed by atoms with Crippen LogP contribution in [0.1, 0.15) is 38.8 Å². The van der Waals surface area contributed by atoms with Crippen molar-refractivity contribution >= 4 is 27.5 Å². The molecule has 7 heteroatoms. The van der Waals surface area contributed by atoms with E-state index in [9.17, 15) is 18.0 Å². The summed E-state index contributed by atoms with van der Waals surface area (Å²) in [6.45, 7) is 5.18. The van der Waals surface area contributed by atoms with Crippen LogP contribution in [0.5, 0.6) is 0 Å². The number of hydrogen-bond donors (Lipinski definition) is 1. The lowest BCUT2D eigenvalue weighted by atomic mass is 9.99. The number of carbonyl (C=O) groups excluding carboxylic acids is 2. The molecular formula is C19H21NO5S. The zero-order valence-corrected chi connectivity index (χ0v) is 15.9. The molecule has 0 saturated carbocycles. The Morgan fingerprint density at radius 3 is 2.35 bits per heavy atom. The summed E-state index contributed by atoms with van der Waals surface area (Å²) in [6, 6.07) is 11.6. The molecule has 0 aromatic heterocycles. The van der Waals surface area contributed by atoms with E-state index in [0.29, 0.717) is 5.56 Å². The van der Waals surface area contributed by atoms with Crippen molar-refractivity contribution in [2.24, 2.45) is 0 Å². The van der Waals surface area contributed by atoms with Gasteiger partial charge in [0.15, 0.2) is 6.10 Å². The van der Waals surface area contributed by atoms with E-state index >= 15 is 0 Å². The van der Waals surface area contributed by atoms with Crippen molar-refractivity contribution in [1.82, 2.24) is 0 Å². The summed E-state index contributed by atoms with van der Waals surface area (Å²) in [4.78, 5) is 25.0. The average molecular weight is 375 g/mol. The number of rotatable bonds is 6. The molecule has 2 aromatic rings. The van der Waals surface area contributed by atoms with Gasteiger partial charge in [-0.1, -0.05) is 29.8 Å². The van der Waals surface area contributed by atoms with E-state index < -0.39 is 22.1 Å². The van der Waals surface area contributed by atoms with Gasteiger partial charge in [0.05, 0.1) is 17.5 Å². The molecule has 0 heterocycles. The van der Waals surface area contributed by atoms with Crippen molar-refractivity contribution in [3.8, 4) is 0 Å². The molecule has 0 unspecified atom stereocenters. The number of hydrogen-bond acceptors (Lipinski definition) is 5. The van der Waals surface area contributed by atoms with E-state index in [1.54, 1.807) is 18.2 Å². The van der Waals surface area contributed by atoms with Crippen LogP contribution in [0.4, 0.5) is 5.69 Å². The van der Waals surface area contributed by atoms with Crippen LogP contribution in [-0.2, 0) is 14.8 Å². The smallest absolute Gasteiger partial charge is 0.340 e. The van der Waals surface area contributed by atoms with Crippen LogP contribution in [0, 0.1) is 13.8 Å².